The number of benzene rings is 1. The summed E-state index contributed by atoms with van der Waals surface area (Å²) in [7, 11) is 2.89. The second-order valence-corrected chi connectivity index (χ2v) is 5.42. The number of aromatic nitrogens is 2. The van der Waals surface area contributed by atoms with E-state index in [1.165, 1.54) is 32.6 Å². The van der Waals surface area contributed by atoms with Gasteiger partial charge < -0.3 is 19.6 Å². The van der Waals surface area contributed by atoms with Crippen LogP contribution < -0.4 is 20.5 Å². The van der Waals surface area contributed by atoms with Crippen LogP contribution in [0.1, 0.15) is 15.9 Å². The number of methoxy groups -OCH3 is 2. The lowest BCUT2D eigenvalue weighted by molar-refractivity contribution is 0.0951. The first-order valence-electron chi connectivity index (χ1n) is 7.79. The lowest BCUT2D eigenvalue weighted by Crippen LogP contribution is -2.26. The van der Waals surface area contributed by atoms with E-state index in [0.717, 1.165) is 0 Å². The Hall–Kier alpha value is -3.88. The van der Waals surface area contributed by atoms with Crippen molar-refractivity contribution in [2.75, 3.05) is 14.2 Å². The zero-order chi connectivity index (χ0) is 19.4. The molecule has 2 aromatic heterocycles. The van der Waals surface area contributed by atoms with Gasteiger partial charge in [0.25, 0.3) is 11.5 Å². The molecule has 9 nitrogen and oxygen atoms in total. The molecule has 0 atom stereocenters. The Kier molecular flexibility index (Phi) is 5.02. The molecule has 138 valence electrons. The average molecular weight is 368 g/mol. The van der Waals surface area contributed by atoms with Crippen LogP contribution >= 0.6 is 0 Å². The van der Waals surface area contributed by atoms with Crippen LogP contribution in [0.5, 0.6) is 17.2 Å². The number of nitrogens with one attached hydrogen (secondary N) is 2. The number of hydrogen-bond acceptors (Lipinski definition) is 7. The second kappa shape index (κ2) is 7.56. The molecule has 3 aromatic rings. The van der Waals surface area contributed by atoms with E-state index in [0.29, 0.717) is 22.6 Å². The Labute approximate surface area is 153 Å². The van der Waals surface area contributed by atoms with Crippen molar-refractivity contribution in [2.24, 2.45) is 5.10 Å². The van der Waals surface area contributed by atoms with E-state index in [1.807, 2.05) is 0 Å². The molecule has 1 amide bonds. The first kappa shape index (κ1) is 17.9. The van der Waals surface area contributed by atoms with Gasteiger partial charge in [-0.15, -0.1) is 0 Å². The molecule has 0 bridgehead atoms. The summed E-state index contributed by atoms with van der Waals surface area (Å²) < 4.78 is 10.4. The minimum Gasteiger partial charge on any atom is -0.506 e. The maximum Gasteiger partial charge on any atom is 0.280 e. The number of H-pyrrole nitrogens is 1. The summed E-state index contributed by atoms with van der Waals surface area (Å²) in [5, 5.41) is 14.5. The van der Waals surface area contributed by atoms with E-state index in [-0.39, 0.29) is 5.39 Å². The molecule has 0 unspecified atom stereocenters. The molecule has 27 heavy (non-hydrogen) atoms. The molecule has 0 aliphatic heterocycles. The highest BCUT2D eigenvalue weighted by atomic mass is 16.5. The lowest BCUT2D eigenvalue weighted by atomic mass is 10.1. The van der Waals surface area contributed by atoms with Crippen molar-refractivity contribution in [3.63, 3.8) is 0 Å². The van der Waals surface area contributed by atoms with E-state index in [1.54, 1.807) is 24.5 Å². The van der Waals surface area contributed by atoms with Crippen LogP contribution in [-0.2, 0) is 0 Å². The molecule has 0 fully saturated rings. The monoisotopic (exact) mass is 368 g/mol. The van der Waals surface area contributed by atoms with Crippen LogP contribution in [0.15, 0.2) is 46.6 Å². The van der Waals surface area contributed by atoms with Gasteiger partial charge in [0.2, 0.25) is 0 Å². The van der Waals surface area contributed by atoms with E-state index in [9.17, 15) is 14.7 Å². The molecule has 1 aromatic carbocycles. The van der Waals surface area contributed by atoms with Crippen molar-refractivity contribution in [3.8, 4) is 17.2 Å². The van der Waals surface area contributed by atoms with Gasteiger partial charge in [0, 0.05) is 29.4 Å². The van der Waals surface area contributed by atoms with Crippen molar-refractivity contribution in [2.45, 2.75) is 0 Å². The Balaban J connectivity index is 1.97. The summed E-state index contributed by atoms with van der Waals surface area (Å²) in [5.41, 5.74) is 1.94. The van der Waals surface area contributed by atoms with E-state index in [4.69, 9.17) is 9.47 Å². The van der Waals surface area contributed by atoms with Crippen molar-refractivity contribution in [1.82, 2.24) is 15.4 Å². The summed E-state index contributed by atoms with van der Waals surface area (Å²) in [6, 6.07) is 6.42. The van der Waals surface area contributed by atoms with E-state index in [2.05, 4.69) is 20.5 Å². The predicted molar refractivity (Wildman–Crippen MR) is 98.6 cm³/mol. The molecular formula is C18H16N4O5. The lowest BCUT2D eigenvalue weighted by Gasteiger charge is -2.11. The quantitative estimate of drug-likeness (QED) is 0.462. The average Bonchev–Trinajstić information content (AvgIpc) is 2.68. The Bertz CT molecular complexity index is 1080. The van der Waals surface area contributed by atoms with Gasteiger partial charge in [-0.3, -0.25) is 14.6 Å². The van der Waals surface area contributed by atoms with E-state index < -0.39 is 22.8 Å². The summed E-state index contributed by atoms with van der Waals surface area (Å²) in [6.45, 7) is 0. The van der Waals surface area contributed by atoms with Gasteiger partial charge in [-0.2, -0.15) is 5.10 Å². The predicted octanol–water partition coefficient (Wildman–Crippen LogP) is 1.41. The summed E-state index contributed by atoms with van der Waals surface area (Å²) in [6.07, 6.45) is 4.52. The van der Waals surface area contributed by atoms with Gasteiger partial charge in [-0.1, -0.05) is 6.07 Å². The molecule has 0 radical (unpaired) electrons. The molecule has 0 saturated carbocycles. The summed E-state index contributed by atoms with van der Waals surface area (Å²) in [4.78, 5) is 31.0. The number of ether oxygens (including phenoxy) is 2. The first-order valence-corrected chi connectivity index (χ1v) is 7.79. The number of carbonyl (C=O) groups excluding carboxylic acids is 1. The smallest absolute Gasteiger partial charge is 0.280 e. The SMILES string of the molecule is COc1cc2[nH]c(=O)c(C(=O)NN=Cc3cccnc3)c(O)c2cc1OC. The zero-order valence-electron chi connectivity index (χ0n) is 14.5. The van der Waals surface area contributed by atoms with Crippen LogP contribution in [0.3, 0.4) is 0 Å². The molecule has 0 spiro atoms. The van der Waals surface area contributed by atoms with Crippen LogP contribution in [0.4, 0.5) is 0 Å². The molecule has 3 rings (SSSR count). The Morgan fingerprint density at radius 3 is 2.70 bits per heavy atom. The highest BCUT2D eigenvalue weighted by Crippen LogP contribution is 2.35. The number of hydrazone groups is 1. The molecule has 9 heteroatoms. The standard InChI is InChI=1S/C18H16N4O5/c1-26-13-6-11-12(7-14(13)27-2)21-17(24)15(16(11)23)18(25)22-20-9-10-4-3-5-19-8-10/h3-9H,1-2H3,(H,22,25)(H2,21,23,24). The maximum absolute atomic E-state index is 12.3. The molecule has 2 heterocycles. The van der Waals surface area contributed by atoms with Crippen LogP contribution in [0.2, 0.25) is 0 Å². The molecule has 0 saturated heterocycles. The van der Waals surface area contributed by atoms with E-state index >= 15 is 0 Å². The number of rotatable bonds is 5. The number of nitrogens with zero attached hydrogens (tertiary/aromatic N) is 2. The Morgan fingerprint density at radius 2 is 2.04 bits per heavy atom. The molecule has 0 aliphatic rings. The number of fused-ring (bicyclic) bond motifs is 1. The number of hydrogen-bond donors (Lipinski definition) is 3. The largest absolute Gasteiger partial charge is 0.506 e. The second-order valence-electron chi connectivity index (χ2n) is 5.42. The van der Waals surface area contributed by atoms with Crippen molar-refractivity contribution in [3.05, 3.63) is 58.1 Å². The van der Waals surface area contributed by atoms with Crippen LogP contribution in [0.25, 0.3) is 10.9 Å². The van der Waals surface area contributed by atoms with Gasteiger partial charge in [0.15, 0.2) is 11.5 Å². The van der Waals surface area contributed by atoms with Crippen molar-refractivity contribution >= 4 is 23.0 Å². The van der Waals surface area contributed by atoms with Crippen LogP contribution in [-0.4, -0.2) is 41.4 Å². The minimum absolute atomic E-state index is 0.230. The topological polar surface area (TPSA) is 126 Å². The summed E-state index contributed by atoms with van der Waals surface area (Å²) in [5.74, 6) is -0.624. The van der Waals surface area contributed by atoms with Gasteiger partial charge in [-0.25, -0.2) is 5.43 Å². The first-order chi connectivity index (χ1) is 13.0. The number of pyridine rings is 2. The van der Waals surface area contributed by atoms with Gasteiger partial charge >= 0.3 is 0 Å². The third kappa shape index (κ3) is 3.56. The Morgan fingerprint density at radius 1 is 1.30 bits per heavy atom. The fourth-order valence-electron chi connectivity index (χ4n) is 2.49. The van der Waals surface area contributed by atoms with Gasteiger partial charge in [0.05, 0.1) is 26.0 Å². The van der Waals surface area contributed by atoms with Crippen LogP contribution in [0, 0.1) is 0 Å². The molecule has 0 aliphatic carbocycles. The zero-order valence-corrected chi connectivity index (χ0v) is 14.5. The van der Waals surface area contributed by atoms with Gasteiger partial charge in [0.1, 0.15) is 11.3 Å². The number of amides is 1. The third-order valence-electron chi connectivity index (χ3n) is 3.78. The maximum atomic E-state index is 12.3. The fourth-order valence-corrected chi connectivity index (χ4v) is 2.49. The number of aromatic hydroxyl groups is 1. The highest BCUT2D eigenvalue weighted by molar-refractivity contribution is 6.02. The third-order valence-corrected chi connectivity index (χ3v) is 3.78. The minimum atomic E-state index is -0.856. The fraction of sp³-hybridized carbons (Fsp3) is 0.111. The highest BCUT2D eigenvalue weighted by Gasteiger charge is 2.20. The normalized spacial score (nSPS) is 10.9. The van der Waals surface area contributed by atoms with Crippen molar-refractivity contribution < 1.29 is 19.4 Å². The van der Waals surface area contributed by atoms with Gasteiger partial charge in [-0.05, 0) is 12.1 Å². The molecule has 3 N–H and O–H groups in total. The van der Waals surface area contributed by atoms with Crippen molar-refractivity contribution in [1.29, 1.82) is 0 Å². The summed E-state index contributed by atoms with van der Waals surface area (Å²) >= 11 is 0. The number of aromatic amines is 1. The number of carbonyl (C=O) groups is 1. The molecular weight excluding hydrogens is 352 g/mol.